The number of fused-ring (bicyclic) bond motifs is 1. The second kappa shape index (κ2) is 9.12. The van der Waals surface area contributed by atoms with Crippen LogP contribution in [0, 0.1) is 6.92 Å². The Balaban J connectivity index is 1.44. The smallest absolute Gasteiger partial charge is 0.264 e. The number of hydrogen-bond acceptors (Lipinski definition) is 3. The first-order chi connectivity index (χ1) is 16.1. The summed E-state index contributed by atoms with van der Waals surface area (Å²) in [4.78, 5) is 17.9. The van der Waals surface area contributed by atoms with Crippen molar-refractivity contribution in [3.05, 3.63) is 106 Å². The lowest BCUT2D eigenvalue weighted by molar-refractivity contribution is -0.115. The molecule has 164 valence electrons. The predicted octanol–water partition coefficient (Wildman–Crippen LogP) is 6.45. The molecule has 33 heavy (non-hydrogen) atoms. The van der Waals surface area contributed by atoms with E-state index < -0.39 is 0 Å². The highest BCUT2D eigenvalue weighted by Crippen LogP contribution is 2.31. The van der Waals surface area contributed by atoms with Gasteiger partial charge in [0.15, 0.2) is 5.17 Å². The Labute approximate surface area is 198 Å². The summed E-state index contributed by atoms with van der Waals surface area (Å²) in [6, 6.07) is 25.0. The molecule has 1 fully saturated rings. The van der Waals surface area contributed by atoms with Crippen LogP contribution in [0.5, 0.6) is 0 Å². The Morgan fingerprint density at radius 2 is 1.70 bits per heavy atom. The van der Waals surface area contributed by atoms with Gasteiger partial charge >= 0.3 is 0 Å². The van der Waals surface area contributed by atoms with Gasteiger partial charge in [0, 0.05) is 29.2 Å². The van der Waals surface area contributed by atoms with Gasteiger partial charge in [-0.2, -0.15) is 0 Å². The molecular formula is C28H25N3OS. The van der Waals surface area contributed by atoms with Crippen LogP contribution in [0.25, 0.3) is 17.0 Å². The van der Waals surface area contributed by atoms with Gasteiger partial charge in [-0.1, -0.05) is 67.1 Å². The molecule has 1 aliphatic heterocycles. The number of thioether (sulfide) groups is 1. The van der Waals surface area contributed by atoms with E-state index in [0.29, 0.717) is 10.1 Å². The van der Waals surface area contributed by atoms with Gasteiger partial charge in [-0.3, -0.25) is 4.79 Å². The first-order valence-electron chi connectivity index (χ1n) is 11.1. The van der Waals surface area contributed by atoms with Crippen LogP contribution in [0.15, 0.2) is 88.9 Å². The molecule has 0 spiro atoms. The number of nitrogens with one attached hydrogen (secondary N) is 1. The second-order valence-corrected chi connectivity index (χ2v) is 9.25. The molecule has 0 radical (unpaired) electrons. The van der Waals surface area contributed by atoms with Crippen LogP contribution < -0.4 is 5.32 Å². The van der Waals surface area contributed by atoms with Crippen molar-refractivity contribution >= 4 is 45.5 Å². The first kappa shape index (κ1) is 21.3. The number of nitrogens with zero attached hydrogens (tertiary/aromatic N) is 2. The van der Waals surface area contributed by atoms with Crippen LogP contribution in [-0.2, 0) is 17.8 Å². The molecule has 5 heteroatoms. The van der Waals surface area contributed by atoms with Crippen molar-refractivity contribution in [3.8, 4) is 0 Å². The van der Waals surface area contributed by atoms with Crippen LogP contribution in [0.4, 0.5) is 5.69 Å². The molecule has 1 saturated heterocycles. The van der Waals surface area contributed by atoms with Gasteiger partial charge in [-0.15, -0.1) is 0 Å². The predicted molar refractivity (Wildman–Crippen MR) is 139 cm³/mol. The zero-order valence-corrected chi connectivity index (χ0v) is 19.5. The Hall–Kier alpha value is -3.57. The summed E-state index contributed by atoms with van der Waals surface area (Å²) < 4.78 is 2.24. The highest BCUT2D eigenvalue weighted by atomic mass is 32.2. The third kappa shape index (κ3) is 4.64. The average molecular weight is 452 g/mol. The van der Waals surface area contributed by atoms with E-state index in [1.807, 2.05) is 24.3 Å². The number of benzene rings is 3. The maximum absolute atomic E-state index is 12.7. The van der Waals surface area contributed by atoms with Gasteiger partial charge in [0.1, 0.15) is 0 Å². The fraction of sp³-hybridized carbons (Fsp3) is 0.143. The largest absolute Gasteiger partial charge is 0.342 e. The van der Waals surface area contributed by atoms with E-state index in [4.69, 9.17) is 0 Å². The topological polar surface area (TPSA) is 46.4 Å². The highest BCUT2D eigenvalue weighted by molar-refractivity contribution is 8.18. The number of amides is 1. The Kier molecular flexibility index (Phi) is 5.88. The number of aryl methyl sites for hydroxylation is 2. The van der Waals surface area contributed by atoms with Crippen molar-refractivity contribution in [1.82, 2.24) is 9.88 Å². The number of carbonyl (C=O) groups is 1. The molecule has 4 nitrogen and oxygen atoms in total. The van der Waals surface area contributed by atoms with Crippen molar-refractivity contribution in [2.75, 3.05) is 0 Å². The van der Waals surface area contributed by atoms with Crippen LogP contribution in [0.1, 0.15) is 29.2 Å². The van der Waals surface area contributed by atoms with E-state index in [1.54, 1.807) is 0 Å². The third-order valence-electron chi connectivity index (χ3n) is 5.81. The average Bonchev–Trinajstić information content (AvgIpc) is 3.35. The monoisotopic (exact) mass is 451 g/mol. The van der Waals surface area contributed by atoms with Crippen LogP contribution in [0.3, 0.4) is 0 Å². The molecule has 2 heterocycles. The lowest BCUT2D eigenvalue weighted by atomic mass is 10.1. The van der Waals surface area contributed by atoms with Crippen LogP contribution >= 0.6 is 11.8 Å². The fourth-order valence-electron chi connectivity index (χ4n) is 3.96. The minimum absolute atomic E-state index is 0.112. The molecule has 1 aromatic heterocycles. The molecule has 0 bridgehead atoms. The quantitative estimate of drug-likeness (QED) is 0.354. The molecule has 1 aliphatic rings. The van der Waals surface area contributed by atoms with Gasteiger partial charge in [0.25, 0.3) is 5.91 Å². The van der Waals surface area contributed by atoms with Gasteiger partial charge in [0.05, 0.1) is 10.6 Å². The summed E-state index contributed by atoms with van der Waals surface area (Å²) in [6.45, 7) is 5.01. The van der Waals surface area contributed by atoms with Crippen molar-refractivity contribution in [2.45, 2.75) is 26.8 Å². The standard InChI is InChI=1S/C28H25N3OS/c1-3-20-12-14-23(15-13-20)29-28-30-27(32)26(33-28)16-22-18-31(25-7-5-4-6-24(22)25)17-21-10-8-19(2)9-11-21/h4-16,18H,3,17H2,1-2H3,(H,29,30,32)/b26-16-. The Bertz CT molecular complexity index is 1380. The number of aliphatic imine (C=N–C) groups is 1. The Morgan fingerprint density at radius 1 is 0.970 bits per heavy atom. The minimum atomic E-state index is -0.112. The summed E-state index contributed by atoms with van der Waals surface area (Å²) >= 11 is 1.38. The number of para-hydroxylation sites is 1. The van der Waals surface area contributed by atoms with Gasteiger partial charge in [0.2, 0.25) is 0 Å². The molecule has 0 atom stereocenters. The summed E-state index contributed by atoms with van der Waals surface area (Å²) in [5.41, 5.74) is 6.79. The molecular weight excluding hydrogens is 426 g/mol. The normalized spacial score (nSPS) is 16.1. The number of hydrogen-bond donors (Lipinski definition) is 1. The maximum Gasteiger partial charge on any atom is 0.264 e. The molecule has 0 aliphatic carbocycles. The second-order valence-electron chi connectivity index (χ2n) is 8.22. The van der Waals surface area contributed by atoms with Crippen molar-refractivity contribution in [2.24, 2.45) is 4.99 Å². The van der Waals surface area contributed by atoms with E-state index in [0.717, 1.165) is 35.1 Å². The number of aromatic nitrogens is 1. The molecule has 1 N–H and O–H groups in total. The SMILES string of the molecule is CCc1ccc(N=C2NC(=O)/C(=C/c3cn(Cc4ccc(C)cc4)c4ccccc34)S2)cc1. The lowest BCUT2D eigenvalue weighted by Crippen LogP contribution is -2.19. The lowest BCUT2D eigenvalue weighted by Gasteiger charge is -2.06. The fourth-order valence-corrected chi connectivity index (χ4v) is 4.79. The maximum atomic E-state index is 12.7. The summed E-state index contributed by atoms with van der Waals surface area (Å²) in [6.07, 6.45) is 5.09. The number of rotatable bonds is 5. The highest BCUT2D eigenvalue weighted by Gasteiger charge is 2.24. The van der Waals surface area contributed by atoms with E-state index in [9.17, 15) is 4.79 Å². The third-order valence-corrected chi connectivity index (χ3v) is 6.72. The van der Waals surface area contributed by atoms with Crippen LogP contribution in [0.2, 0.25) is 0 Å². The van der Waals surface area contributed by atoms with E-state index in [1.165, 1.54) is 28.5 Å². The van der Waals surface area contributed by atoms with Crippen LogP contribution in [-0.4, -0.2) is 15.6 Å². The number of amidine groups is 1. The molecule has 4 aromatic rings. The molecule has 0 unspecified atom stereocenters. The zero-order valence-electron chi connectivity index (χ0n) is 18.7. The molecule has 5 rings (SSSR count). The van der Waals surface area contributed by atoms with E-state index >= 15 is 0 Å². The van der Waals surface area contributed by atoms with E-state index in [-0.39, 0.29) is 5.91 Å². The minimum Gasteiger partial charge on any atom is -0.342 e. The summed E-state index contributed by atoms with van der Waals surface area (Å²) in [5.74, 6) is -0.112. The van der Waals surface area contributed by atoms with Crippen molar-refractivity contribution < 1.29 is 4.79 Å². The van der Waals surface area contributed by atoms with Gasteiger partial charge in [-0.05, 0) is 60.5 Å². The number of carbonyl (C=O) groups excluding carboxylic acids is 1. The van der Waals surface area contributed by atoms with E-state index in [2.05, 4.69) is 89.5 Å². The molecule has 0 saturated carbocycles. The molecule has 1 amide bonds. The zero-order chi connectivity index (χ0) is 22.8. The summed E-state index contributed by atoms with van der Waals surface area (Å²) in [5, 5.41) is 4.64. The van der Waals surface area contributed by atoms with Crippen molar-refractivity contribution in [1.29, 1.82) is 0 Å². The molecule has 3 aromatic carbocycles. The van der Waals surface area contributed by atoms with Gasteiger partial charge in [-0.25, -0.2) is 4.99 Å². The van der Waals surface area contributed by atoms with Crippen molar-refractivity contribution in [3.63, 3.8) is 0 Å². The summed E-state index contributed by atoms with van der Waals surface area (Å²) in [7, 11) is 0. The Morgan fingerprint density at radius 3 is 2.45 bits per heavy atom. The van der Waals surface area contributed by atoms with Gasteiger partial charge < -0.3 is 9.88 Å². The first-order valence-corrected chi connectivity index (χ1v) is 11.9.